The monoisotopic (exact) mass is 477 g/mol. The maximum Gasteiger partial charge on any atom is 0.314 e. The predicted octanol–water partition coefficient (Wildman–Crippen LogP) is 4.17. The van der Waals surface area contributed by atoms with Crippen LogP contribution in [0.2, 0.25) is 5.15 Å². The molecule has 0 saturated carbocycles. The van der Waals surface area contributed by atoms with Crippen LogP contribution in [0.5, 0.6) is 5.75 Å². The minimum absolute atomic E-state index is 0.0214. The van der Waals surface area contributed by atoms with E-state index in [4.69, 9.17) is 16.3 Å². The fourth-order valence-corrected chi connectivity index (χ4v) is 6.11. The molecule has 1 saturated heterocycles. The molecule has 0 amide bonds. The number of carbonyl (C=O) groups is 1. The van der Waals surface area contributed by atoms with Crippen LogP contribution in [0.4, 0.5) is 0 Å². The summed E-state index contributed by atoms with van der Waals surface area (Å²) in [5.74, 6) is -0.280. The van der Waals surface area contributed by atoms with Gasteiger partial charge in [-0.05, 0) is 44.0 Å². The molecule has 10 heteroatoms. The van der Waals surface area contributed by atoms with Crippen LogP contribution in [0.15, 0.2) is 52.9 Å². The molecule has 1 fully saturated rings. The van der Waals surface area contributed by atoms with Crippen molar-refractivity contribution in [3.05, 3.63) is 58.8 Å². The van der Waals surface area contributed by atoms with Crippen molar-refractivity contribution < 1.29 is 17.9 Å². The zero-order valence-corrected chi connectivity index (χ0v) is 19.1. The minimum Gasteiger partial charge on any atom is -0.426 e. The standard InChI is InChI=1S/C21H20ClN3O4S2/c1-14-13-30-20(24-14)16-4-2-5-17(12-16)29-21(26)15-7-10-25(11-8-15)31(27,28)18-6-3-9-23-19(18)22/h2-6,9,12-13,15H,7-8,10-11H2,1H3. The Bertz CT molecular complexity index is 1200. The zero-order chi connectivity index (χ0) is 22.0. The van der Waals surface area contributed by atoms with E-state index >= 15 is 0 Å². The molecule has 7 nitrogen and oxygen atoms in total. The molecule has 31 heavy (non-hydrogen) atoms. The normalized spacial score (nSPS) is 15.7. The van der Waals surface area contributed by atoms with Gasteiger partial charge in [0.25, 0.3) is 0 Å². The van der Waals surface area contributed by atoms with E-state index in [1.165, 1.54) is 34.0 Å². The second-order valence-corrected chi connectivity index (χ2v) is 10.3. The number of hydrogen-bond acceptors (Lipinski definition) is 7. The quantitative estimate of drug-likeness (QED) is 0.311. The lowest BCUT2D eigenvalue weighted by Crippen LogP contribution is -2.41. The molecule has 2 aromatic heterocycles. The van der Waals surface area contributed by atoms with E-state index < -0.39 is 10.0 Å². The molecule has 4 rings (SSSR count). The van der Waals surface area contributed by atoms with Crippen molar-refractivity contribution in [1.82, 2.24) is 14.3 Å². The number of esters is 1. The molecule has 0 spiro atoms. The molecular weight excluding hydrogens is 458 g/mol. The number of hydrogen-bond donors (Lipinski definition) is 0. The number of sulfonamides is 1. The summed E-state index contributed by atoms with van der Waals surface area (Å²) in [5, 5.41) is 2.77. The molecule has 0 aliphatic carbocycles. The van der Waals surface area contributed by atoms with E-state index in [-0.39, 0.29) is 35.0 Å². The predicted molar refractivity (Wildman–Crippen MR) is 119 cm³/mol. The molecule has 0 N–H and O–H groups in total. The van der Waals surface area contributed by atoms with Gasteiger partial charge in [0.15, 0.2) is 0 Å². The molecule has 0 unspecified atom stereocenters. The Hall–Kier alpha value is -2.33. The van der Waals surface area contributed by atoms with E-state index in [9.17, 15) is 13.2 Å². The van der Waals surface area contributed by atoms with E-state index in [0.717, 1.165) is 16.3 Å². The number of nitrogens with zero attached hydrogens (tertiary/aromatic N) is 3. The van der Waals surface area contributed by atoms with Gasteiger partial charge in [0.2, 0.25) is 10.0 Å². The number of rotatable bonds is 5. The third-order valence-corrected chi connectivity index (χ3v) is 8.40. The number of ether oxygens (including phenoxy) is 1. The maximum atomic E-state index is 12.8. The van der Waals surface area contributed by atoms with Gasteiger partial charge in [-0.1, -0.05) is 23.7 Å². The van der Waals surface area contributed by atoms with Gasteiger partial charge >= 0.3 is 5.97 Å². The van der Waals surface area contributed by atoms with Gasteiger partial charge in [-0.2, -0.15) is 4.31 Å². The lowest BCUT2D eigenvalue weighted by atomic mass is 9.98. The molecular formula is C21H20ClN3O4S2. The van der Waals surface area contributed by atoms with Gasteiger partial charge in [0.1, 0.15) is 20.8 Å². The van der Waals surface area contributed by atoms with Gasteiger partial charge < -0.3 is 4.74 Å². The molecule has 162 valence electrons. The van der Waals surface area contributed by atoms with E-state index in [0.29, 0.717) is 18.6 Å². The van der Waals surface area contributed by atoms with Crippen molar-refractivity contribution in [1.29, 1.82) is 0 Å². The zero-order valence-electron chi connectivity index (χ0n) is 16.7. The highest BCUT2D eigenvalue weighted by molar-refractivity contribution is 7.89. The van der Waals surface area contributed by atoms with E-state index in [1.807, 2.05) is 24.4 Å². The number of aryl methyl sites for hydroxylation is 1. The van der Waals surface area contributed by atoms with Gasteiger partial charge in [0, 0.05) is 35.9 Å². The molecule has 3 aromatic rings. The fourth-order valence-electron chi connectivity index (χ4n) is 3.41. The molecule has 0 bridgehead atoms. The average molecular weight is 478 g/mol. The number of carbonyl (C=O) groups excluding carboxylic acids is 1. The lowest BCUT2D eigenvalue weighted by Gasteiger charge is -2.30. The highest BCUT2D eigenvalue weighted by Gasteiger charge is 2.34. The van der Waals surface area contributed by atoms with Crippen molar-refractivity contribution >= 4 is 38.9 Å². The van der Waals surface area contributed by atoms with E-state index in [2.05, 4.69) is 9.97 Å². The Morgan fingerprint density at radius 3 is 2.68 bits per heavy atom. The molecule has 1 aliphatic rings. The van der Waals surface area contributed by atoms with Gasteiger partial charge in [-0.15, -0.1) is 11.3 Å². The average Bonchev–Trinajstić information content (AvgIpc) is 3.20. The molecule has 1 aromatic carbocycles. The molecule has 1 aliphatic heterocycles. The lowest BCUT2D eigenvalue weighted by molar-refractivity contribution is -0.140. The van der Waals surface area contributed by atoms with Crippen LogP contribution in [0.25, 0.3) is 10.6 Å². The summed E-state index contributed by atoms with van der Waals surface area (Å²) in [6.07, 6.45) is 2.19. The second kappa shape index (κ2) is 9.04. The minimum atomic E-state index is -3.75. The highest BCUT2D eigenvalue weighted by Crippen LogP contribution is 2.30. The fraction of sp³-hybridized carbons (Fsp3) is 0.286. The van der Waals surface area contributed by atoms with Crippen molar-refractivity contribution in [3.63, 3.8) is 0 Å². The van der Waals surface area contributed by atoms with Crippen LogP contribution in [0.1, 0.15) is 18.5 Å². The first-order valence-corrected chi connectivity index (χ1v) is 12.4. The van der Waals surface area contributed by atoms with Crippen LogP contribution >= 0.6 is 22.9 Å². The summed E-state index contributed by atoms with van der Waals surface area (Å²) in [4.78, 5) is 20.9. The number of halogens is 1. The number of thiazole rings is 1. The molecule has 0 radical (unpaired) electrons. The SMILES string of the molecule is Cc1csc(-c2cccc(OC(=O)C3CCN(S(=O)(=O)c4cccnc4Cl)CC3)c2)n1. The van der Waals surface area contributed by atoms with Gasteiger partial charge in [0.05, 0.1) is 5.92 Å². The van der Waals surface area contributed by atoms with Gasteiger partial charge in [-0.3, -0.25) is 4.79 Å². The van der Waals surface area contributed by atoms with Crippen molar-refractivity contribution in [2.24, 2.45) is 5.92 Å². The van der Waals surface area contributed by atoms with Crippen molar-refractivity contribution in [3.8, 4) is 16.3 Å². The Balaban J connectivity index is 1.39. The van der Waals surface area contributed by atoms with E-state index in [1.54, 1.807) is 12.1 Å². The maximum absolute atomic E-state index is 12.8. The van der Waals surface area contributed by atoms with Crippen LogP contribution in [0, 0.1) is 12.8 Å². The third kappa shape index (κ3) is 4.79. The van der Waals surface area contributed by atoms with Crippen LogP contribution in [-0.2, 0) is 14.8 Å². The van der Waals surface area contributed by atoms with Crippen molar-refractivity contribution in [2.75, 3.05) is 13.1 Å². The Labute approximate surface area is 189 Å². The largest absolute Gasteiger partial charge is 0.426 e. The number of piperidine rings is 1. The topological polar surface area (TPSA) is 89.5 Å². The Kier molecular flexibility index (Phi) is 6.38. The highest BCUT2D eigenvalue weighted by atomic mass is 35.5. The van der Waals surface area contributed by atoms with Gasteiger partial charge in [-0.25, -0.2) is 18.4 Å². The summed E-state index contributed by atoms with van der Waals surface area (Å²) in [6, 6.07) is 10.2. The third-order valence-electron chi connectivity index (χ3n) is 5.05. The Morgan fingerprint density at radius 2 is 2.00 bits per heavy atom. The molecule has 3 heterocycles. The molecule has 0 atom stereocenters. The number of pyridine rings is 1. The first-order chi connectivity index (χ1) is 14.8. The second-order valence-electron chi connectivity index (χ2n) is 7.21. The van der Waals surface area contributed by atoms with Crippen molar-refractivity contribution in [2.45, 2.75) is 24.7 Å². The Morgan fingerprint density at radius 1 is 1.23 bits per heavy atom. The summed E-state index contributed by atoms with van der Waals surface area (Å²) in [6.45, 7) is 2.36. The summed E-state index contributed by atoms with van der Waals surface area (Å²) < 4.78 is 32.6. The van der Waals surface area contributed by atoms with Crippen LogP contribution in [-0.4, -0.2) is 41.7 Å². The number of benzene rings is 1. The summed E-state index contributed by atoms with van der Waals surface area (Å²) >= 11 is 7.49. The van der Waals surface area contributed by atoms with Crippen LogP contribution < -0.4 is 4.74 Å². The smallest absolute Gasteiger partial charge is 0.314 e. The summed E-state index contributed by atoms with van der Waals surface area (Å²) in [5.41, 5.74) is 1.83. The van der Waals surface area contributed by atoms with Crippen LogP contribution in [0.3, 0.4) is 0 Å². The number of aromatic nitrogens is 2. The first kappa shape index (κ1) is 21.9. The summed E-state index contributed by atoms with van der Waals surface area (Å²) in [7, 11) is -3.75. The first-order valence-electron chi connectivity index (χ1n) is 9.69.